The molecule has 0 spiro atoms. The van der Waals surface area contributed by atoms with E-state index in [9.17, 15) is 4.21 Å². The molecule has 0 radical (unpaired) electrons. The Balaban J connectivity index is 3.06. The molecule has 0 saturated heterocycles. The maximum Gasteiger partial charge on any atom is 0.117 e. The van der Waals surface area contributed by atoms with Gasteiger partial charge in [0.05, 0.1) is 12.9 Å². The maximum absolute atomic E-state index is 10.4. The summed E-state index contributed by atoms with van der Waals surface area (Å²) in [6, 6.07) is 0. The smallest absolute Gasteiger partial charge is 0.117 e. The lowest BCUT2D eigenvalue weighted by Crippen LogP contribution is -2.18. The van der Waals surface area contributed by atoms with Gasteiger partial charge in [0.1, 0.15) is 11.0 Å². The van der Waals surface area contributed by atoms with Crippen LogP contribution in [0.3, 0.4) is 0 Å². The van der Waals surface area contributed by atoms with Gasteiger partial charge in [-0.15, -0.1) is 16.5 Å². The Morgan fingerprint density at radius 1 is 1.88 bits per heavy atom. The van der Waals surface area contributed by atoms with Gasteiger partial charge in [0, 0.05) is 5.88 Å². The lowest BCUT2D eigenvalue weighted by atomic mass is 11.0. The number of halogens is 1. The molecular weight excluding hydrogens is 150 g/mol. The van der Waals surface area contributed by atoms with E-state index in [0.717, 1.165) is 0 Å². The highest BCUT2D eigenvalue weighted by Gasteiger charge is 1.92. The number of nitrogens with one attached hydrogen (secondary N) is 1. The zero-order chi connectivity index (χ0) is 6.41. The summed E-state index contributed by atoms with van der Waals surface area (Å²) in [6.45, 7) is 0. The Morgan fingerprint density at radius 3 is 2.88 bits per heavy atom. The van der Waals surface area contributed by atoms with Gasteiger partial charge in [-0.3, -0.25) is 4.84 Å². The van der Waals surface area contributed by atoms with E-state index >= 15 is 0 Å². The van der Waals surface area contributed by atoms with Gasteiger partial charge in [0.2, 0.25) is 0 Å². The third-order valence-electron chi connectivity index (χ3n) is 0.439. The number of alkyl halides is 1. The van der Waals surface area contributed by atoms with E-state index in [1.165, 1.54) is 7.11 Å². The van der Waals surface area contributed by atoms with Crippen LogP contribution in [0.1, 0.15) is 0 Å². The Labute approximate surface area is 55.9 Å². The first-order valence-corrected chi connectivity index (χ1v) is 3.89. The third kappa shape index (κ3) is 4.52. The van der Waals surface area contributed by atoms with Crippen molar-refractivity contribution in [3.63, 3.8) is 0 Å². The van der Waals surface area contributed by atoms with E-state index in [4.69, 9.17) is 11.6 Å². The fourth-order valence-corrected chi connectivity index (χ4v) is 1.03. The maximum atomic E-state index is 10.4. The molecule has 5 heteroatoms. The van der Waals surface area contributed by atoms with Crippen molar-refractivity contribution in [1.29, 1.82) is 0 Å². The molecule has 3 nitrogen and oxygen atoms in total. The van der Waals surface area contributed by atoms with Crippen molar-refractivity contribution in [1.82, 2.24) is 4.89 Å². The molecule has 0 aliphatic rings. The third-order valence-corrected chi connectivity index (χ3v) is 1.78. The zero-order valence-corrected chi connectivity index (χ0v) is 6.09. The largest absolute Gasteiger partial charge is 0.292 e. The Morgan fingerprint density at radius 2 is 2.50 bits per heavy atom. The summed E-state index contributed by atoms with van der Waals surface area (Å²) in [6.07, 6.45) is 0. The van der Waals surface area contributed by atoms with Crippen molar-refractivity contribution >= 4 is 22.6 Å². The van der Waals surface area contributed by atoms with Crippen LogP contribution in [-0.2, 0) is 15.8 Å². The Bertz CT molecular complexity index is 71.7. The van der Waals surface area contributed by atoms with Crippen LogP contribution < -0.4 is 4.89 Å². The quantitative estimate of drug-likeness (QED) is 0.462. The van der Waals surface area contributed by atoms with Crippen molar-refractivity contribution in [2.24, 2.45) is 0 Å². The van der Waals surface area contributed by atoms with E-state index in [-0.39, 0.29) is 0 Å². The SMILES string of the molecule is CONS(=O)CCCl. The number of hydrogen-bond acceptors (Lipinski definition) is 2. The molecule has 1 unspecified atom stereocenters. The lowest BCUT2D eigenvalue weighted by molar-refractivity contribution is 0.158. The molecule has 0 aliphatic heterocycles. The Kier molecular flexibility index (Phi) is 5.74. The predicted molar refractivity (Wildman–Crippen MR) is 33.9 cm³/mol. The fraction of sp³-hybridized carbons (Fsp3) is 1.00. The van der Waals surface area contributed by atoms with E-state index < -0.39 is 11.0 Å². The first-order valence-electron chi connectivity index (χ1n) is 2.04. The number of hydrogen-bond donors (Lipinski definition) is 1. The van der Waals surface area contributed by atoms with Crippen molar-refractivity contribution in [2.45, 2.75) is 0 Å². The molecule has 0 aromatic heterocycles. The standard InChI is InChI=1S/C3H8ClNO2S/c1-7-5-8(6)3-2-4/h5H,2-3H2,1H3. The number of rotatable bonds is 4. The van der Waals surface area contributed by atoms with Crippen LogP contribution in [0.5, 0.6) is 0 Å². The van der Waals surface area contributed by atoms with Crippen LogP contribution in [0, 0.1) is 0 Å². The van der Waals surface area contributed by atoms with Crippen LogP contribution in [0.2, 0.25) is 0 Å². The first kappa shape index (κ1) is 8.36. The molecular formula is C3H8ClNO2S. The summed E-state index contributed by atoms with van der Waals surface area (Å²) < 4.78 is 10.4. The summed E-state index contributed by atoms with van der Waals surface area (Å²) in [5, 5.41) is 0. The highest BCUT2D eigenvalue weighted by molar-refractivity contribution is 7.82. The van der Waals surface area contributed by atoms with E-state index in [1.54, 1.807) is 0 Å². The second kappa shape index (κ2) is 5.50. The van der Waals surface area contributed by atoms with Gasteiger partial charge in [-0.1, -0.05) is 0 Å². The van der Waals surface area contributed by atoms with Crippen LogP contribution in [0.25, 0.3) is 0 Å². The summed E-state index contributed by atoms with van der Waals surface area (Å²) >= 11 is 5.24. The predicted octanol–water partition coefficient (Wildman–Crippen LogP) is 0.0399. The molecule has 0 bridgehead atoms. The van der Waals surface area contributed by atoms with Gasteiger partial charge >= 0.3 is 0 Å². The normalized spacial score (nSPS) is 13.8. The molecule has 8 heavy (non-hydrogen) atoms. The fourth-order valence-electron chi connectivity index (χ4n) is 0.205. The van der Waals surface area contributed by atoms with Crippen molar-refractivity contribution in [2.75, 3.05) is 18.7 Å². The summed E-state index contributed by atoms with van der Waals surface area (Å²) in [5.74, 6) is 0.790. The second-order valence-electron chi connectivity index (χ2n) is 1.03. The molecule has 50 valence electrons. The monoisotopic (exact) mass is 157 g/mol. The minimum Gasteiger partial charge on any atom is -0.292 e. The summed E-state index contributed by atoms with van der Waals surface area (Å²) in [5.41, 5.74) is 0. The molecule has 1 atom stereocenters. The van der Waals surface area contributed by atoms with E-state index in [2.05, 4.69) is 9.72 Å². The molecule has 0 aliphatic carbocycles. The summed E-state index contributed by atoms with van der Waals surface area (Å²) in [4.78, 5) is 6.58. The van der Waals surface area contributed by atoms with Crippen LogP contribution in [0.4, 0.5) is 0 Å². The molecule has 0 amide bonds. The van der Waals surface area contributed by atoms with Crippen molar-refractivity contribution in [3.8, 4) is 0 Å². The van der Waals surface area contributed by atoms with Crippen molar-refractivity contribution in [3.05, 3.63) is 0 Å². The van der Waals surface area contributed by atoms with E-state index in [1.807, 2.05) is 0 Å². The van der Waals surface area contributed by atoms with Crippen LogP contribution >= 0.6 is 11.6 Å². The van der Waals surface area contributed by atoms with Gasteiger partial charge < -0.3 is 0 Å². The van der Waals surface area contributed by atoms with Crippen molar-refractivity contribution < 1.29 is 9.05 Å². The molecule has 0 rings (SSSR count). The molecule has 0 fully saturated rings. The van der Waals surface area contributed by atoms with E-state index in [0.29, 0.717) is 11.6 Å². The van der Waals surface area contributed by atoms with Gasteiger partial charge in [0.15, 0.2) is 0 Å². The van der Waals surface area contributed by atoms with Gasteiger partial charge in [-0.05, 0) is 0 Å². The zero-order valence-electron chi connectivity index (χ0n) is 4.52. The second-order valence-corrected chi connectivity index (χ2v) is 2.67. The highest BCUT2D eigenvalue weighted by atomic mass is 35.5. The average Bonchev–Trinajstić information content (AvgIpc) is 1.68. The highest BCUT2D eigenvalue weighted by Crippen LogP contribution is 1.78. The molecule has 0 saturated carbocycles. The minimum atomic E-state index is -1.12. The minimum absolute atomic E-state index is 0.378. The Hall–Kier alpha value is 0.360. The van der Waals surface area contributed by atoms with Gasteiger partial charge in [0.25, 0.3) is 0 Å². The topological polar surface area (TPSA) is 38.3 Å². The first-order chi connectivity index (χ1) is 3.81. The average molecular weight is 158 g/mol. The molecule has 0 heterocycles. The molecule has 0 aromatic rings. The van der Waals surface area contributed by atoms with Crippen LogP contribution in [-0.4, -0.2) is 23.0 Å². The van der Waals surface area contributed by atoms with Gasteiger partial charge in [-0.25, -0.2) is 4.21 Å². The molecule has 1 N–H and O–H groups in total. The van der Waals surface area contributed by atoms with Gasteiger partial charge in [-0.2, -0.15) is 0 Å². The lowest BCUT2D eigenvalue weighted by Gasteiger charge is -1.95. The summed E-state index contributed by atoms with van der Waals surface area (Å²) in [7, 11) is 0.285. The van der Waals surface area contributed by atoms with Crippen LogP contribution in [0.15, 0.2) is 0 Å². The molecule has 0 aromatic carbocycles.